The summed E-state index contributed by atoms with van der Waals surface area (Å²) in [6.45, 7) is 2.81. The van der Waals surface area contributed by atoms with E-state index in [1.807, 2.05) is 19.1 Å². The molecule has 0 spiro atoms. The second kappa shape index (κ2) is 12.9. The number of aromatic nitrogens is 1. The van der Waals surface area contributed by atoms with Crippen LogP contribution < -0.4 is 10.1 Å². The van der Waals surface area contributed by atoms with Crippen molar-refractivity contribution in [3.05, 3.63) is 83.2 Å². The molecule has 1 aromatic heterocycles. The first-order valence-corrected chi connectivity index (χ1v) is 15.1. The van der Waals surface area contributed by atoms with Crippen LogP contribution in [0.2, 0.25) is 0 Å². The molecule has 3 fully saturated rings. The molecular formula is C33H35N3O8. The first kappa shape index (κ1) is 29.4. The summed E-state index contributed by atoms with van der Waals surface area (Å²) in [6, 6.07) is 16.0. The summed E-state index contributed by atoms with van der Waals surface area (Å²) in [5.74, 6) is -0.701. The fourth-order valence-corrected chi connectivity index (χ4v) is 5.72. The van der Waals surface area contributed by atoms with Crippen LogP contribution in [0, 0.1) is 5.92 Å². The molecule has 1 aliphatic carbocycles. The summed E-state index contributed by atoms with van der Waals surface area (Å²) < 4.78 is 21.9. The minimum atomic E-state index is -0.525. The Morgan fingerprint density at radius 2 is 1.80 bits per heavy atom. The lowest BCUT2D eigenvalue weighted by Crippen LogP contribution is -2.46. The van der Waals surface area contributed by atoms with Crippen LogP contribution in [0.15, 0.2) is 65.4 Å². The van der Waals surface area contributed by atoms with Crippen LogP contribution in [0.3, 0.4) is 0 Å². The van der Waals surface area contributed by atoms with Gasteiger partial charge in [0.1, 0.15) is 30.8 Å². The number of carbonyl (C=O) groups is 4. The lowest BCUT2D eigenvalue weighted by molar-refractivity contribution is -0.139. The van der Waals surface area contributed by atoms with E-state index in [0.717, 1.165) is 5.56 Å². The number of cyclic esters (lactones) is 1. The predicted molar refractivity (Wildman–Crippen MR) is 156 cm³/mol. The van der Waals surface area contributed by atoms with Crippen molar-refractivity contribution in [1.82, 2.24) is 15.4 Å². The second-order valence-electron chi connectivity index (χ2n) is 11.7. The van der Waals surface area contributed by atoms with Crippen molar-refractivity contribution in [2.75, 3.05) is 19.7 Å². The highest BCUT2D eigenvalue weighted by Gasteiger charge is 2.36. The topological polar surface area (TPSA) is 137 Å². The van der Waals surface area contributed by atoms with Crippen molar-refractivity contribution in [2.24, 2.45) is 5.92 Å². The standard InChI is InChI=1S/C33H35N3O8/c1-20(34-31(38)28-14-16-42-35-28)30(23-8-6-22(7-9-23)21-4-5-21)43-26-12-10-24(11-13-26)33(40)44-27-3-2-15-36(18-27)32(39)25-17-29(37)41-19-25/h6-14,16,20-21,25,27,30H,2-5,15,17-19H2,1H3,(H,34,38)/t20-,25+,27-,30-/m0/s1. The molecule has 0 bridgehead atoms. The molecule has 44 heavy (non-hydrogen) atoms. The highest BCUT2D eigenvalue weighted by molar-refractivity contribution is 5.92. The number of nitrogens with zero attached hydrogens (tertiary/aromatic N) is 2. The molecule has 4 atom stereocenters. The summed E-state index contributed by atoms with van der Waals surface area (Å²) in [5.41, 5.74) is 2.72. The average molecular weight is 602 g/mol. The third kappa shape index (κ3) is 6.93. The van der Waals surface area contributed by atoms with Gasteiger partial charge in [0.2, 0.25) is 5.91 Å². The average Bonchev–Trinajstić information content (AvgIpc) is 3.55. The number of ether oxygens (including phenoxy) is 3. The lowest BCUT2D eigenvalue weighted by Gasteiger charge is -2.33. The fraction of sp³-hybridized carbons (Fsp3) is 0.424. The number of hydrogen-bond donors (Lipinski definition) is 1. The molecule has 11 heteroatoms. The van der Waals surface area contributed by atoms with Gasteiger partial charge in [-0.15, -0.1) is 0 Å². The van der Waals surface area contributed by atoms with Gasteiger partial charge in [0.25, 0.3) is 5.91 Å². The largest absolute Gasteiger partial charge is 0.484 e. The molecule has 0 unspecified atom stereocenters. The summed E-state index contributed by atoms with van der Waals surface area (Å²) in [6.07, 6.45) is 4.22. The molecule has 2 aromatic carbocycles. The number of esters is 2. The van der Waals surface area contributed by atoms with Crippen LogP contribution in [-0.4, -0.2) is 65.7 Å². The molecule has 2 saturated heterocycles. The molecule has 3 heterocycles. The van der Waals surface area contributed by atoms with Gasteiger partial charge in [-0.3, -0.25) is 14.4 Å². The Bertz CT molecular complexity index is 1480. The molecule has 2 aliphatic heterocycles. The third-order valence-electron chi connectivity index (χ3n) is 8.32. The van der Waals surface area contributed by atoms with Gasteiger partial charge < -0.3 is 29.0 Å². The minimum absolute atomic E-state index is 0.0909. The van der Waals surface area contributed by atoms with Gasteiger partial charge in [-0.05, 0) is 73.9 Å². The predicted octanol–water partition coefficient (Wildman–Crippen LogP) is 4.20. The van der Waals surface area contributed by atoms with Crippen molar-refractivity contribution in [3.8, 4) is 5.75 Å². The molecule has 2 amide bonds. The highest BCUT2D eigenvalue weighted by Crippen LogP contribution is 2.40. The first-order valence-electron chi connectivity index (χ1n) is 15.1. The normalized spacial score (nSPS) is 21.2. The highest BCUT2D eigenvalue weighted by atomic mass is 16.5. The quantitative estimate of drug-likeness (QED) is 0.339. The fourth-order valence-electron chi connectivity index (χ4n) is 5.72. The SMILES string of the molecule is C[C@H](NC(=O)c1ccon1)[C@H](Oc1ccc(C(=O)O[C@H]2CCCN(C(=O)[C@H]3COC(=O)C3)C2)cc1)c1ccc(C2CC2)cc1. The number of carbonyl (C=O) groups excluding carboxylic acids is 4. The van der Waals surface area contributed by atoms with Gasteiger partial charge in [-0.2, -0.15) is 0 Å². The number of nitrogens with one attached hydrogen (secondary N) is 1. The molecule has 1 N–H and O–H groups in total. The van der Waals surface area contributed by atoms with Crippen LogP contribution in [0.25, 0.3) is 0 Å². The first-order chi connectivity index (χ1) is 21.3. The number of amides is 2. The van der Waals surface area contributed by atoms with Crippen molar-refractivity contribution < 1.29 is 37.9 Å². The molecule has 3 aliphatic rings. The Kier molecular flexibility index (Phi) is 8.63. The molecule has 230 valence electrons. The van der Waals surface area contributed by atoms with E-state index in [1.165, 1.54) is 30.7 Å². The Balaban J connectivity index is 1.09. The van der Waals surface area contributed by atoms with Gasteiger partial charge >= 0.3 is 11.9 Å². The molecule has 6 rings (SSSR count). The van der Waals surface area contributed by atoms with Crippen molar-refractivity contribution >= 4 is 23.8 Å². The monoisotopic (exact) mass is 601 g/mol. The Hall–Kier alpha value is -4.67. The van der Waals surface area contributed by atoms with Crippen LogP contribution >= 0.6 is 0 Å². The summed E-state index contributed by atoms with van der Waals surface area (Å²) in [7, 11) is 0. The zero-order valence-corrected chi connectivity index (χ0v) is 24.5. The van der Waals surface area contributed by atoms with E-state index >= 15 is 0 Å². The Morgan fingerprint density at radius 1 is 1.02 bits per heavy atom. The smallest absolute Gasteiger partial charge is 0.338 e. The number of hydrogen-bond acceptors (Lipinski definition) is 9. The molecule has 0 radical (unpaired) electrons. The van der Waals surface area contributed by atoms with Gasteiger partial charge in [0.15, 0.2) is 5.69 Å². The van der Waals surface area contributed by atoms with Gasteiger partial charge in [-0.25, -0.2) is 4.79 Å². The lowest BCUT2D eigenvalue weighted by atomic mass is 10.00. The number of benzene rings is 2. The summed E-state index contributed by atoms with van der Waals surface area (Å²) >= 11 is 0. The van der Waals surface area contributed by atoms with E-state index in [1.54, 1.807) is 29.2 Å². The second-order valence-corrected chi connectivity index (χ2v) is 11.7. The number of piperidine rings is 1. The van der Waals surface area contributed by atoms with Crippen molar-refractivity contribution in [3.63, 3.8) is 0 Å². The van der Waals surface area contributed by atoms with E-state index in [0.29, 0.717) is 36.6 Å². The van der Waals surface area contributed by atoms with E-state index < -0.39 is 30.1 Å². The van der Waals surface area contributed by atoms with E-state index in [9.17, 15) is 19.2 Å². The molecule has 11 nitrogen and oxygen atoms in total. The minimum Gasteiger partial charge on any atom is -0.484 e. The number of rotatable bonds is 10. The maximum atomic E-state index is 13.0. The van der Waals surface area contributed by atoms with Gasteiger partial charge in [0.05, 0.1) is 30.5 Å². The van der Waals surface area contributed by atoms with Crippen molar-refractivity contribution in [1.29, 1.82) is 0 Å². The maximum absolute atomic E-state index is 13.0. The van der Waals surface area contributed by atoms with Crippen LogP contribution in [0.1, 0.15) is 83.0 Å². The zero-order chi connectivity index (χ0) is 30.6. The van der Waals surface area contributed by atoms with Crippen LogP contribution in [0.5, 0.6) is 5.75 Å². The van der Waals surface area contributed by atoms with E-state index in [-0.39, 0.29) is 43.1 Å². The summed E-state index contributed by atoms with van der Waals surface area (Å²) in [4.78, 5) is 51.6. The van der Waals surface area contributed by atoms with E-state index in [4.69, 9.17) is 18.7 Å². The zero-order valence-electron chi connectivity index (χ0n) is 24.5. The van der Waals surface area contributed by atoms with Gasteiger partial charge in [0, 0.05) is 12.6 Å². The molecular weight excluding hydrogens is 566 g/mol. The molecule has 1 saturated carbocycles. The Labute approximate surface area is 254 Å². The van der Waals surface area contributed by atoms with E-state index in [2.05, 4.69) is 22.6 Å². The third-order valence-corrected chi connectivity index (χ3v) is 8.32. The number of likely N-dealkylation sites (tertiary alicyclic amines) is 1. The van der Waals surface area contributed by atoms with Crippen LogP contribution in [0.4, 0.5) is 0 Å². The maximum Gasteiger partial charge on any atom is 0.338 e. The van der Waals surface area contributed by atoms with Crippen molar-refractivity contribution in [2.45, 2.75) is 63.2 Å². The van der Waals surface area contributed by atoms with Gasteiger partial charge in [-0.1, -0.05) is 29.4 Å². The van der Waals surface area contributed by atoms with Crippen LogP contribution in [-0.2, 0) is 19.1 Å². The summed E-state index contributed by atoms with van der Waals surface area (Å²) in [5, 5.41) is 6.66. The molecule has 3 aromatic rings. The Morgan fingerprint density at radius 3 is 2.45 bits per heavy atom.